The Labute approximate surface area is 176 Å². The van der Waals surface area contributed by atoms with E-state index in [2.05, 4.69) is 9.24 Å². The number of nitrogens with zero attached hydrogens (tertiary/aromatic N) is 1. The molecule has 8 heteroatoms. The summed E-state index contributed by atoms with van der Waals surface area (Å²) in [5.74, 6) is -0.983. The summed E-state index contributed by atoms with van der Waals surface area (Å²) < 4.78 is 27.2. The Morgan fingerprint density at radius 1 is 1.28 bits per heavy atom. The first-order valence-electron chi connectivity index (χ1n) is 9.26. The number of aryl methyl sites for hydroxylation is 1. The van der Waals surface area contributed by atoms with Gasteiger partial charge in [-0.25, -0.2) is 8.42 Å². The van der Waals surface area contributed by atoms with E-state index in [1.807, 2.05) is 22.8 Å². The summed E-state index contributed by atoms with van der Waals surface area (Å²) in [6.45, 7) is 0.456. The quantitative estimate of drug-likeness (QED) is 0.602. The van der Waals surface area contributed by atoms with Crippen LogP contribution in [0.2, 0.25) is 5.02 Å². The molecule has 152 valence electrons. The minimum absolute atomic E-state index is 0.0336. The highest BCUT2D eigenvalue weighted by Gasteiger charge is 2.33. The summed E-state index contributed by atoms with van der Waals surface area (Å²) in [6.07, 6.45) is 2.74. The van der Waals surface area contributed by atoms with Gasteiger partial charge in [0, 0.05) is 34.8 Å². The van der Waals surface area contributed by atoms with Crippen LogP contribution in [-0.4, -0.2) is 30.3 Å². The molecular weight excluding hydrogens is 429 g/mol. The molecular formula is C21H21ClNO4PS. The summed E-state index contributed by atoms with van der Waals surface area (Å²) in [7, 11) is -0.894. The van der Waals surface area contributed by atoms with E-state index in [0.29, 0.717) is 17.1 Å². The zero-order valence-electron chi connectivity index (χ0n) is 15.9. The van der Waals surface area contributed by atoms with Crippen LogP contribution in [0.3, 0.4) is 0 Å². The van der Waals surface area contributed by atoms with E-state index < -0.39 is 15.8 Å². The summed E-state index contributed by atoms with van der Waals surface area (Å²) >= 11 is 6.01. The number of aliphatic carboxylic acids is 1. The topological polar surface area (TPSA) is 76.4 Å². The molecule has 4 rings (SSSR count). The van der Waals surface area contributed by atoms with Crippen molar-refractivity contribution in [1.29, 1.82) is 0 Å². The van der Waals surface area contributed by atoms with Crippen LogP contribution in [0.4, 0.5) is 0 Å². The van der Waals surface area contributed by atoms with E-state index in [9.17, 15) is 18.3 Å². The molecule has 0 aliphatic heterocycles. The standard InChI is InChI=1S/C21H21ClNO4PS/c1-29(26,27)18-10-15(28)9-17-16-7-4-13(8-19(24)25)20(16)23(21(17)18)11-12-2-5-14(22)6-3-12/h2-3,5-6,9-10,13H,4,7-8,11,28H2,1H3,(H,24,25). The summed E-state index contributed by atoms with van der Waals surface area (Å²) in [6, 6.07) is 11.1. The van der Waals surface area contributed by atoms with Crippen molar-refractivity contribution in [3.63, 3.8) is 0 Å². The highest BCUT2D eigenvalue weighted by Crippen LogP contribution is 2.43. The lowest BCUT2D eigenvalue weighted by Gasteiger charge is -2.17. The number of halogens is 1. The predicted octanol–water partition coefficient (Wildman–Crippen LogP) is 3.75. The molecule has 29 heavy (non-hydrogen) atoms. The summed E-state index contributed by atoms with van der Waals surface area (Å²) in [4.78, 5) is 11.7. The second kappa shape index (κ2) is 7.42. The van der Waals surface area contributed by atoms with Crippen molar-refractivity contribution in [3.05, 3.63) is 58.2 Å². The van der Waals surface area contributed by atoms with Crippen molar-refractivity contribution < 1.29 is 18.3 Å². The van der Waals surface area contributed by atoms with Gasteiger partial charge in [-0.1, -0.05) is 23.7 Å². The van der Waals surface area contributed by atoms with Gasteiger partial charge in [-0.3, -0.25) is 4.79 Å². The summed E-state index contributed by atoms with van der Waals surface area (Å²) in [5.41, 5.74) is 3.64. The average Bonchev–Trinajstić information content (AvgIpc) is 3.15. The van der Waals surface area contributed by atoms with Crippen LogP contribution >= 0.6 is 20.8 Å². The maximum absolute atomic E-state index is 12.6. The van der Waals surface area contributed by atoms with Crippen LogP contribution in [0.1, 0.15) is 35.6 Å². The van der Waals surface area contributed by atoms with Crippen LogP contribution in [0.25, 0.3) is 10.9 Å². The van der Waals surface area contributed by atoms with Crippen molar-refractivity contribution in [3.8, 4) is 0 Å². The van der Waals surface area contributed by atoms with Crippen LogP contribution in [0.15, 0.2) is 41.3 Å². The first-order chi connectivity index (χ1) is 13.6. The SMILES string of the molecule is CS(=O)(=O)c1cc(P)cc2c3c(n(Cc4ccc(Cl)cc4)c12)C(CC(=O)O)CC3. The number of hydrogen-bond donors (Lipinski definition) is 1. The van der Waals surface area contributed by atoms with E-state index in [0.717, 1.165) is 40.4 Å². The molecule has 0 radical (unpaired) electrons. The van der Waals surface area contributed by atoms with Gasteiger partial charge in [-0.15, -0.1) is 9.24 Å². The molecule has 1 heterocycles. The maximum Gasteiger partial charge on any atom is 0.304 e. The molecule has 0 spiro atoms. The Balaban J connectivity index is 2.02. The molecule has 3 aromatic rings. The van der Waals surface area contributed by atoms with Gasteiger partial charge in [-0.05, 0) is 53.5 Å². The van der Waals surface area contributed by atoms with Gasteiger partial charge >= 0.3 is 5.97 Å². The largest absolute Gasteiger partial charge is 0.481 e. The number of rotatable bonds is 5. The van der Waals surface area contributed by atoms with Crippen LogP contribution in [0, 0.1) is 0 Å². The van der Waals surface area contributed by atoms with E-state index in [4.69, 9.17) is 11.6 Å². The molecule has 1 N–H and O–H groups in total. The molecule has 2 aromatic carbocycles. The van der Waals surface area contributed by atoms with Gasteiger partial charge in [-0.2, -0.15) is 0 Å². The lowest BCUT2D eigenvalue weighted by molar-refractivity contribution is -0.137. The third kappa shape index (κ3) is 3.81. The van der Waals surface area contributed by atoms with Crippen LogP contribution < -0.4 is 5.30 Å². The Hall–Kier alpha value is -1.88. The predicted molar refractivity (Wildman–Crippen MR) is 118 cm³/mol. The number of carboxylic acid groups (broad SMARTS) is 1. The number of benzene rings is 2. The Morgan fingerprint density at radius 2 is 1.97 bits per heavy atom. The van der Waals surface area contributed by atoms with Crippen molar-refractivity contribution in [1.82, 2.24) is 4.57 Å². The number of fused-ring (bicyclic) bond motifs is 3. The van der Waals surface area contributed by atoms with Gasteiger partial charge in [0.2, 0.25) is 0 Å². The number of carboxylic acids is 1. The van der Waals surface area contributed by atoms with Crippen LogP contribution in [0.5, 0.6) is 0 Å². The molecule has 2 unspecified atom stereocenters. The Bertz CT molecular complexity index is 1230. The Morgan fingerprint density at radius 3 is 2.59 bits per heavy atom. The number of carbonyl (C=O) groups is 1. The normalized spacial score (nSPS) is 16.3. The minimum Gasteiger partial charge on any atom is -0.481 e. The van der Waals surface area contributed by atoms with Crippen molar-refractivity contribution >= 4 is 52.9 Å². The zero-order chi connectivity index (χ0) is 20.9. The van der Waals surface area contributed by atoms with Gasteiger partial charge in [0.1, 0.15) is 0 Å². The van der Waals surface area contributed by atoms with Crippen molar-refractivity contribution in [2.24, 2.45) is 0 Å². The monoisotopic (exact) mass is 449 g/mol. The first-order valence-corrected chi connectivity index (χ1v) is 12.1. The number of hydrogen-bond acceptors (Lipinski definition) is 3. The highest BCUT2D eigenvalue weighted by molar-refractivity contribution is 7.91. The highest BCUT2D eigenvalue weighted by atomic mass is 35.5. The Kier molecular flexibility index (Phi) is 5.22. The lowest BCUT2D eigenvalue weighted by atomic mass is 10.0. The second-order valence-electron chi connectivity index (χ2n) is 7.60. The number of aromatic nitrogens is 1. The molecule has 5 nitrogen and oxygen atoms in total. The molecule has 0 saturated carbocycles. The van der Waals surface area contributed by atoms with Crippen LogP contribution in [-0.2, 0) is 27.6 Å². The average molecular weight is 450 g/mol. The molecule has 1 aromatic heterocycles. The fraction of sp³-hybridized carbons (Fsp3) is 0.286. The smallest absolute Gasteiger partial charge is 0.304 e. The van der Waals surface area contributed by atoms with Gasteiger partial charge in [0.25, 0.3) is 0 Å². The van der Waals surface area contributed by atoms with Crippen molar-refractivity contribution in [2.75, 3.05) is 6.26 Å². The van der Waals surface area contributed by atoms with E-state index in [1.54, 1.807) is 18.2 Å². The number of sulfone groups is 1. The molecule has 0 fully saturated rings. The fourth-order valence-electron chi connectivity index (χ4n) is 4.37. The maximum atomic E-state index is 12.6. The third-order valence-electron chi connectivity index (χ3n) is 5.50. The summed E-state index contributed by atoms with van der Waals surface area (Å²) in [5, 5.41) is 11.7. The van der Waals surface area contributed by atoms with Gasteiger partial charge in [0.15, 0.2) is 9.84 Å². The first kappa shape index (κ1) is 20.4. The molecule has 1 aliphatic carbocycles. The fourth-order valence-corrected chi connectivity index (χ4v) is 5.87. The van der Waals surface area contributed by atoms with E-state index in [-0.39, 0.29) is 17.2 Å². The zero-order valence-corrected chi connectivity index (χ0v) is 18.6. The molecule has 0 amide bonds. The molecule has 0 bridgehead atoms. The van der Waals surface area contributed by atoms with Gasteiger partial charge in [0.05, 0.1) is 16.8 Å². The lowest BCUT2D eigenvalue weighted by Crippen LogP contribution is -2.12. The minimum atomic E-state index is -3.47. The molecule has 0 saturated heterocycles. The van der Waals surface area contributed by atoms with E-state index in [1.165, 1.54) is 6.26 Å². The second-order valence-corrected chi connectivity index (χ2v) is 10.7. The molecule has 2 atom stereocenters. The van der Waals surface area contributed by atoms with Gasteiger partial charge < -0.3 is 9.67 Å². The molecule has 1 aliphatic rings. The third-order valence-corrected chi connectivity index (χ3v) is 7.19. The van der Waals surface area contributed by atoms with E-state index >= 15 is 0 Å². The van der Waals surface area contributed by atoms with Crippen molar-refractivity contribution in [2.45, 2.75) is 36.6 Å².